The molecule has 1 aliphatic heterocycles. The summed E-state index contributed by atoms with van der Waals surface area (Å²) in [5.74, 6) is 0.688. The molecule has 2 fully saturated rings. The lowest BCUT2D eigenvalue weighted by Crippen LogP contribution is -2.54. The van der Waals surface area contributed by atoms with Crippen LogP contribution in [-0.4, -0.2) is 47.2 Å². The second-order valence-corrected chi connectivity index (χ2v) is 7.45. The molecule has 6 nitrogen and oxygen atoms in total. The van der Waals surface area contributed by atoms with E-state index in [1.165, 1.54) is 25.7 Å². The Morgan fingerprint density at radius 1 is 1.16 bits per heavy atom. The van der Waals surface area contributed by atoms with E-state index in [9.17, 15) is 10.1 Å². The second-order valence-electron chi connectivity index (χ2n) is 7.07. The summed E-state index contributed by atoms with van der Waals surface area (Å²) >= 11 is 5.63. The van der Waals surface area contributed by atoms with Crippen molar-refractivity contribution in [2.45, 2.75) is 38.6 Å². The van der Waals surface area contributed by atoms with Crippen LogP contribution in [0, 0.1) is 16.0 Å². The number of anilines is 1. The highest BCUT2D eigenvalue weighted by atomic mass is 32.1. The number of benzene rings is 1. The average Bonchev–Trinajstić information content (AvgIpc) is 2.64. The number of thiocarbonyl (C=S) groups is 1. The quantitative estimate of drug-likeness (QED) is 0.506. The van der Waals surface area contributed by atoms with E-state index in [2.05, 4.69) is 22.0 Å². The van der Waals surface area contributed by atoms with Crippen LogP contribution in [0.25, 0.3) is 0 Å². The first-order valence-electron chi connectivity index (χ1n) is 9.09. The van der Waals surface area contributed by atoms with Crippen molar-refractivity contribution in [2.24, 2.45) is 5.92 Å². The molecule has 1 heterocycles. The fourth-order valence-corrected chi connectivity index (χ4v) is 4.07. The summed E-state index contributed by atoms with van der Waals surface area (Å²) in [7, 11) is 0. The number of rotatable bonds is 3. The fourth-order valence-electron chi connectivity index (χ4n) is 3.73. The van der Waals surface area contributed by atoms with Gasteiger partial charge in [0, 0.05) is 50.0 Å². The van der Waals surface area contributed by atoms with Crippen molar-refractivity contribution in [3.8, 4) is 0 Å². The molecule has 0 bridgehead atoms. The number of nitrogens with zero attached hydrogens (tertiary/aromatic N) is 3. The Hall–Kier alpha value is -1.89. The summed E-state index contributed by atoms with van der Waals surface area (Å²) in [6.45, 7) is 5.82. The highest BCUT2D eigenvalue weighted by Gasteiger charge is 2.25. The SMILES string of the molecule is C[C@@H]1CCCC[C@H]1NC(=S)N1CCN(c2ccc([N+](=O)[O-])cc2)CC1. The molecule has 25 heavy (non-hydrogen) atoms. The van der Waals surface area contributed by atoms with Crippen molar-refractivity contribution in [3.05, 3.63) is 34.4 Å². The van der Waals surface area contributed by atoms with Crippen LogP contribution in [0.4, 0.5) is 11.4 Å². The zero-order valence-electron chi connectivity index (χ0n) is 14.7. The van der Waals surface area contributed by atoms with Crippen LogP contribution in [0.15, 0.2) is 24.3 Å². The zero-order valence-corrected chi connectivity index (χ0v) is 15.5. The monoisotopic (exact) mass is 362 g/mol. The van der Waals surface area contributed by atoms with Crippen LogP contribution in [0.1, 0.15) is 32.6 Å². The molecule has 1 saturated carbocycles. The predicted molar refractivity (Wildman–Crippen MR) is 104 cm³/mol. The van der Waals surface area contributed by atoms with Gasteiger partial charge in [0.05, 0.1) is 4.92 Å². The normalized spacial score (nSPS) is 24.0. The van der Waals surface area contributed by atoms with Crippen LogP contribution < -0.4 is 10.2 Å². The average molecular weight is 362 g/mol. The predicted octanol–water partition coefficient (Wildman–Crippen LogP) is 3.17. The van der Waals surface area contributed by atoms with Crippen molar-refractivity contribution in [3.63, 3.8) is 0 Å². The molecule has 0 unspecified atom stereocenters. The van der Waals surface area contributed by atoms with Crippen molar-refractivity contribution in [2.75, 3.05) is 31.1 Å². The Balaban J connectivity index is 1.51. The molecule has 1 N–H and O–H groups in total. The summed E-state index contributed by atoms with van der Waals surface area (Å²) in [6, 6.07) is 7.30. The van der Waals surface area contributed by atoms with Gasteiger partial charge >= 0.3 is 0 Å². The van der Waals surface area contributed by atoms with Gasteiger partial charge in [0.25, 0.3) is 5.69 Å². The third-order valence-corrected chi connectivity index (χ3v) is 5.79. The Kier molecular flexibility index (Phi) is 5.73. The molecule has 7 heteroatoms. The van der Waals surface area contributed by atoms with E-state index in [4.69, 9.17) is 12.2 Å². The van der Waals surface area contributed by atoms with Gasteiger partial charge in [0.2, 0.25) is 0 Å². The number of hydrogen-bond donors (Lipinski definition) is 1. The minimum absolute atomic E-state index is 0.134. The molecule has 0 radical (unpaired) electrons. The lowest BCUT2D eigenvalue weighted by atomic mass is 9.86. The van der Waals surface area contributed by atoms with Crippen LogP contribution in [-0.2, 0) is 0 Å². The topological polar surface area (TPSA) is 61.6 Å². The summed E-state index contributed by atoms with van der Waals surface area (Å²) in [5.41, 5.74) is 1.17. The summed E-state index contributed by atoms with van der Waals surface area (Å²) in [4.78, 5) is 14.9. The Bertz CT molecular complexity index is 614. The molecular formula is C18H26N4O2S. The highest BCUT2D eigenvalue weighted by Crippen LogP contribution is 2.24. The van der Waals surface area contributed by atoms with Gasteiger partial charge in [-0.15, -0.1) is 0 Å². The van der Waals surface area contributed by atoms with Gasteiger partial charge < -0.3 is 15.1 Å². The Labute approximate surface area is 154 Å². The largest absolute Gasteiger partial charge is 0.368 e. The number of piperazine rings is 1. The first-order valence-corrected chi connectivity index (χ1v) is 9.50. The van der Waals surface area contributed by atoms with Gasteiger partial charge in [-0.05, 0) is 43.1 Å². The van der Waals surface area contributed by atoms with E-state index in [0.717, 1.165) is 37.0 Å². The number of nitrogens with one attached hydrogen (secondary N) is 1. The molecule has 1 aromatic rings. The minimum atomic E-state index is -0.363. The third kappa shape index (κ3) is 4.39. The molecule has 0 aromatic heterocycles. The summed E-state index contributed by atoms with van der Waals surface area (Å²) in [6.07, 6.45) is 5.12. The number of nitro benzene ring substituents is 1. The number of non-ortho nitro benzene ring substituents is 1. The maximum absolute atomic E-state index is 10.8. The molecule has 3 rings (SSSR count). The van der Waals surface area contributed by atoms with Crippen LogP contribution in [0.3, 0.4) is 0 Å². The maximum atomic E-state index is 10.8. The maximum Gasteiger partial charge on any atom is 0.269 e. The van der Waals surface area contributed by atoms with Gasteiger partial charge in [0.15, 0.2) is 5.11 Å². The minimum Gasteiger partial charge on any atom is -0.368 e. The van der Waals surface area contributed by atoms with Gasteiger partial charge in [-0.2, -0.15) is 0 Å². The van der Waals surface area contributed by atoms with Crippen molar-refractivity contribution in [1.29, 1.82) is 0 Å². The van der Waals surface area contributed by atoms with Gasteiger partial charge in [-0.25, -0.2) is 0 Å². The van der Waals surface area contributed by atoms with Gasteiger partial charge in [0.1, 0.15) is 0 Å². The van der Waals surface area contributed by atoms with Crippen LogP contribution in [0.5, 0.6) is 0 Å². The van der Waals surface area contributed by atoms with E-state index in [-0.39, 0.29) is 10.6 Å². The lowest BCUT2D eigenvalue weighted by molar-refractivity contribution is -0.384. The first kappa shape index (κ1) is 17.9. The molecule has 0 amide bonds. The van der Waals surface area contributed by atoms with E-state index < -0.39 is 0 Å². The molecule has 1 saturated heterocycles. The van der Waals surface area contributed by atoms with Crippen molar-refractivity contribution < 1.29 is 4.92 Å². The van der Waals surface area contributed by atoms with E-state index in [0.29, 0.717) is 12.0 Å². The molecule has 1 aromatic carbocycles. The van der Waals surface area contributed by atoms with Gasteiger partial charge in [-0.3, -0.25) is 10.1 Å². The standard InChI is InChI=1S/C18H26N4O2S/c1-14-4-2-3-5-17(14)19-18(25)21-12-10-20(11-13-21)15-6-8-16(9-7-15)22(23)24/h6-9,14,17H,2-5,10-13H2,1H3,(H,19,25)/t14-,17-/m1/s1. The molecule has 2 aliphatic rings. The molecule has 136 valence electrons. The second kappa shape index (κ2) is 7.99. The van der Waals surface area contributed by atoms with Crippen molar-refractivity contribution in [1.82, 2.24) is 10.2 Å². The molecular weight excluding hydrogens is 336 g/mol. The lowest BCUT2D eigenvalue weighted by Gasteiger charge is -2.39. The summed E-state index contributed by atoms with van der Waals surface area (Å²) < 4.78 is 0. The highest BCUT2D eigenvalue weighted by molar-refractivity contribution is 7.80. The molecule has 0 spiro atoms. The molecule has 2 atom stereocenters. The van der Waals surface area contributed by atoms with E-state index in [1.54, 1.807) is 12.1 Å². The Morgan fingerprint density at radius 2 is 1.80 bits per heavy atom. The Morgan fingerprint density at radius 3 is 2.40 bits per heavy atom. The summed E-state index contributed by atoms with van der Waals surface area (Å²) in [5, 5.41) is 15.2. The number of hydrogen-bond acceptors (Lipinski definition) is 4. The van der Waals surface area contributed by atoms with Crippen molar-refractivity contribution >= 4 is 28.7 Å². The van der Waals surface area contributed by atoms with E-state index in [1.807, 2.05) is 12.1 Å². The third-order valence-electron chi connectivity index (χ3n) is 5.41. The first-order chi connectivity index (χ1) is 12.0. The smallest absolute Gasteiger partial charge is 0.269 e. The van der Waals surface area contributed by atoms with Crippen LogP contribution in [0.2, 0.25) is 0 Å². The van der Waals surface area contributed by atoms with Crippen LogP contribution >= 0.6 is 12.2 Å². The number of nitro groups is 1. The molecule has 1 aliphatic carbocycles. The fraction of sp³-hybridized carbons (Fsp3) is 0.611. The van der Waals surface area contributed by atoms with Gasteiger partial charge in [-0.1, -0.05) is 19.8 Å². The van der Waals surface area contributed by atoms with E-state index >= 15 is 0 Å². The zero-order chi connectivity index (χ0) is 17.8.